The summed E-state index contributed by atoms with van der Waals surface area (Å²) in [5, 5.41) is 0. The first-order chi connectivity index (χ1) is 10.9. The predicted molar refractivity (Wildman–Crippen MR) is 90.9 cm³/mol. The number of allylic oxidation sites excluding steroid dienone is 4. The molecular weight excluding hydrogens is 284 g/mol. The van der Waals surface area contributed by atoms with Gasteiger partial charge < -0.3 is 0 Å². The Balaban J connectivity index is 1.74. The summed E-state index contributed by atoms with van der Waals surface area (Å²) in [5.41, 5.74) is 3.27. The molecule has 4 aliphatic rings. The zero-order valence-corrected chi connectivity index (χ0v) is 14.7. The predicted octanol–water partition coefficient (Wildman–Crippen LogP) is 4.64. The molecule has 0 aromatic carbocycles. The fourth-order valence-electron chi connectivity index (χ4n) is 6.52. The second-order valence-electron chi connectivity index (χ2n) is 8.83. The molecule has 0 aromatic rings. The highest BCUT2D eigenvalue weighted by molar-refractivity contribution is 5.92. The molecule has 0 amide bonds. The minimum absolute atomic E-state index is 0.118. The molecule has 0 aromatic heterocycles. The Morgan fingerprint density at radius 3 is 2.70 bits per heavy atom. The molecule has 0 bridgehead atoms. The Morgan fingerprint density at radius 1 is 1.17 bits per heavy atom. The maximum Gasteiger partial charge on any atom is 0.155 e. The molecule has 4 rings (SSSR count). The highest BCUT2D eigenvalue weighted by Gasteiger charge is 2.56. The molecule has 2 saturated carbocycles. The van der Waals surface area contributed by atoms with Gasteiger partial charge in [0.2, 0.25) is 0 Å². The van der Waals surface area contributed by atoms with Gasteiger partial charge in [-0.3, -0.25) is 9.59 Å². The average Bonchev–Trinajstić information content (AvgIpc) is 2.85. The van der Waals surface area contributed by atoms with E-state index in [0.29, 0.717) is 29.8 Å². The number of fused-ring (bicyclic) bond motifs is 5. The van der Waals surface area contributed by atoms with Gasteiger partial charge in [-0.25, -0.2) is 0 Å². The van der Waals surface area contributed by atoms with Crippen molar-refractivity contribution in [1.82, 2.24) is 0 Å². The third kappa shape index (κ3) is 1.99. The van der Waals surface area contributed by atoms with Crippen LogP contribution in [0.5, 0.6) is 0 Å². The first-order valence-corrected chi connectivity index (χ1v) is 9.31. The van der Waals surface area contributed by atoms with E-state index in [0.717, 1.165) is 25.7 Å². The zero-order valence-electron chi connectivity index (χ0n) is 14.7. The van der Waals surface area contributed by atoms with E-state index in [1.165, 1.54) is 18.4 Å². The molecule has 0 unspecified atom stereocenters. The van der Waals surface area contributed by atoms with E-state index in [4.69, 9.17) is 0 Å². The third-order valence-corrected chi connectivity index (χ3v) is 7.82. The van der Waals surface area contributed by atoms with E-state index in [1.54, 1.807) is 12.5 Å². The molecule has 0 heterocycles. The molecule has 124 valence electrons. The van der Waals surface area contributed by atoms with Crippen molar-refractivity contribution in [2.75, 3.05) is 0 Å². The van der Waals surface area contributed by atoms with Crippen LogP contribution in [-0.4, -0.2) is 11.6 Å². The summed E-state index contributed by atoms with van der Waals surface area (Å²) in [6, 6.07) is 0. The maximum atomic E-state index is 12.1. The topological polar surface area (TPSA) is 34.1 Å². The summed E-state index contributed by atoms with van der Waals surface area (Å²) >= 11 is 0. The number of hydrogen-bond donors (Lipinski definition) is 0. The Hall–Kier alpha value is -1.18. The fourth-order valence-corrected chi connectivity index (χ4v) is 6.52. The monoisotopic (exact) mass is 312 g/mol. The van der Waals surface area contributed by atoms with E-state index in [1.807, 2.05) is 6.08 Å². The quantitative estimate of drug-likeness (QED) is 0.661. The van der Waals surface area contributed by atoms with Gasteiger partial charge in [-0.2, -0.15) is 0 Å². The normalized spacial score (nSPS) is 45.5. The lowest BCUT2D eigenvalue weighted by molar-refractivity contribution is -0.124. The van der Waals surface area contributed by atoms with Gasteiger partial charge in [0, 0.05) is 17.8 Å². The minimum atomic E-state index is 0.118. The van der Waals surface area contributed by atoms with Crippen molar-refractivity contribution in [3.05, 3.63) is 23.3 Å². The van der Waals surface area contributed by atoms with Crippen molar-refractivity contribution in [3.8, 4) is 0 Å². The zero-order chi connectivity index (χ0) is 16.4. The number of rotatable bonds is 1. The number of carbonyl (C=O) groups is 2. The van der Waals surface area contributed by atoms with Gasteiger partial charge in [-0.15, -0.1) is 0 Å². The van der Waals surface area contributed by atoms with Crippen LogP contribution in [0.1, 0.15) is 65.7 Å². The van der Waals surface area contributed by atoms with Crippen molar-refractivity contribution in [3.63, 3.8) is 0 Å². The van der Waals surface area contributed by atoms with Crippen LogP contribution in [0.4, 0.5) is 0 Å². The lowest BCUT2D eigenvalue weighted by atomic mass is 9.51. The molecule has 0 spiro atoms. The van der Waals surface area contributed by atoms with Crippen LogP contribution < -0.4 is 0 Å². The Morgan fingerprint density at radius 2 is 1.96 bits per heavy atom. The summed E-state index contributed by atoms with van der Waals surface area (Å²) < 4.78 is 0. The van der Waals surface area contributed by atoms with Crippen molar-refractivity contribution in [1.29, 1.82) is 0 Å². The second kappa shape index (κ2) is 4.91. The van der Waals surface area contributed by atoms with E-state index in [9.17, 15) is 9.59 Å². The van der Waals surface area contributed by atoms with E-state index < -0.39 is 0 Å². The van der Waals surface area contributed by atoms with Gasteiger partial charge in [0.1, 0.15) is 5.78 Å². The van der Waals surface area contributed by atoms with Crippen LogP contribution in [0.15, 0.2) is 23.3 Å². The molecule has 2 heteroatoms. The molecule has 0 saturated heterocycles. The van der Waals surface area contributed by atoms with Crippen molar-refractivity contribution in [2.45, 2.75) is 65.7 Å². The molecule has 0 N–H and O–H groups in total. The van der Waals surface area contributed by atoms with Crippen molar-refractivity contribution >= 4 is 11.6 Å². The molecule has 2 nitrogen and oxygen atoms in total. The number of Topliss-reactive ketones (excluding diaryl/α,β-unsaturated/α-hetero) is 1. The van der Waals surface area contributed by atoms with E-state index in [-0.39, 0.29) is 16.7 Å². The summed E-state index contributed by atoms with van der Waals surface area (Å²) in [6.07, 6.45) is 11.7. The molecule has 0 aliphatic heterocycles. The first kappa shape index (κ1) is 15.4. The van der Waals surface area contributed by atoms with Gasteiger partial charge in [0.05, 0.1) is 0 Å². The largest absolute Gasteiger partial charge is 0.300 e. The Labute approximate surface area is 139 Å². The van der Waals surface area contributed by atoms with Crippen LogP contribution in [0.25, 0.3) is 0 Å². The van der Waals surface area contributed by atoms with E-state index in [2.05, 4.69) is 19.9 Å². The number of hydrogen-bond acceptors (Lipinski definition) is 2. The highest BCUT2D eigenvalue weighted by Crippen LogP contribution is 2.64. The smallest absolute Gasteiger partial charge is 0.155 e. The summed E-state index contributed by atoms with van der Waals surface area (Å²) in [5.74, 6) is 2.25. The van der Waals surface area contributed by atoms with Crippen molar-refractivity contribution in [2.24, 2.45) is 28.6 Å². The highest BCUT2D eigenvalue weighted by atomic mass is 16.1. The second-order valence-corrected chi connectivity index (χ2v) is 8.83. The molecule has 0 radical (unpaired) electrons. The van der Waals surface area contributed by atoms with Crippen molar-refractivity contribution < 1.29 is 9.59 Å². The molecule has 4 aliphatic carbocycles. The number of carbonyl (C=O) groups excluding carboxylic acids is 2. The summed E-state index contributed by atoms with van der Waals surface area (Å²) in [4.78, 5) is 24.0. The van der Waals surface area contributed by atoms with Gasteiger partial charge in [0.15, 0.2) is 5.78 Å². The van der Waals surface area contributed by atoms with Gasteiger partial charge in [0.25, 0.3) is 0 Å². The average molecular weight is 312 g/mol. The molecule has 5 atom stereocenters. The standard InChI is InChI=1S/C21H28O2/c1-13(22)17-6-7-18-16-5-4-14-12-15(23)8-10-20(14,2)19(16)9-11-21(17,18)3/h9,12,16-18H,4-8,10-11H2,1-3H3/t16-,17-,18+,20+,21-/m1/s1. The molecule has 2 fully saturated rings. The third-order valence-electron chi connectivity index (χ3n) is 7.82. The summed E-state index contributed by atoms with van der Waals surface area (Å²) in [7, 11) is 0. The lowest BCUT2D eigenvalue weighted by Gasteiger charge is -2.53. The van der Waals surface area contributed by atoms with Crippen LogP contribution >= 0.6 is 0 Å². The molecule has 23 heavy (non-hydrogen) atoms. The Bertz CT molecular complexity index is 640. The maximum absolute atomic E-state index is 12.1. The lowest BCUT2D eigenvalue weighted by Crippen LogP contribution is -2.45. The SMILES string of the molecule is CC(=O)[C@H]1CC[C@H]2[C@H]3CCC4=CC(=O)CC[C@]4(C)C3=CC[C@]12C. The van der Waals surface area contributed by atoms with E-state index >= 15 is 0 Å². The first-order valence-electron chi connectivity index (χ1n) is 9.31. The molecular formula is C21H28O2. The number of ketones is 2. The van der Waals surface area contributed by atoms with Crippen LogP contribution in [0, 0.1) is 28.6 Å². The van der Waals surface area contributed by atoms with Gasteiger partial charge in [-0.1, -0.05) is 31.1 Å². The minimum Gasteiger partial charge on any atom is -0.300 e. The van der Waals surface area contributed by atoms with Gasteiger partial charge in [-0.05, 0) is 68.8 Å². The van der Waals surface area contributed by atoms with Crippen LogP contribution in [-0.2, 0) is 9.59 Å². The van der Waals surface area contributed by atoms with Crippen LogP contribution in [0.3, 0.4) is 0 Å². The Kier molecular flexibility index (Phi) is 3.28. The van der Waals surface area contributed by atoms with Crippen LogP contribution in [0.2, 0.25) is 0 Å². The summed E-state index contributed by atoms with van der Waals surface area (Å²) in [6.45, 7) is 6.51. The fraction of sp³-hybridized carbons (Fsp3) is 0.714. The van der Waals surface area contributed by atoms with Gasteiger partial charge >= 0.3 is 0 Å².